The Bertz CT molecular complexity index is 924. The van der Waals surface area contributed by atoms with E-state index < -0.39 is 0 Å². The molecule has 1 unspecified atom stereocenters. The molecule has 0 aromatic carbocycles. The first kappa shape index (κ1) is 19.3. The molecule has 1 atom stereocenters. The molecule has 2 saturated heterocycles. The van der Waals surface area contributed by atoms with E-state index >= 15 is 0 Å². The van der Waals surface area contributed by atoms with Gasteiger partial charge in [0.2, 0.25) is 5.91 Å². The third-order valence-electron chi connectivity index (χ3n) is 7.54. The molecule has 6 nitrogen and oxygen atoms in total. The van der Waals surface area contributed by atoms with Gasteiger partial charge < -0.3 is 14.4 Å². The zero-order valence-corrected chi connectivity index (χ0v) is 17.7. The Hall–Kier alpha value is -2.63. The van der Waals surface area contributed by atoms with Gasteiger partial charge in [0.25, 0.3) is 5.91 Å². The van der Waals surface area contributed by atoms with Gasteiger partial charge in [0.15, 0.2) is 0 Å². The lowest BCUT2D eigenvalue weighted by Gasteiger charge is -2.61. The number of hydrogen-bond donors (Lipinski definition) is 0. The average Bonchev–Trinajstić information content (AvgIpc) is 3.23. The van der Waals surface area contributed by atoms with Gasteiger partial charge in [-0.05, 0) is 55.5 Å². The standard InChI is InChI=1S/C24H30N4O2/c1-26-15-5-6-20(26)22(29)27-16-9-19(10-17-27)28-21(18-7-13-25-14-8-18)24(23(28)30)11-3-2-4-12-24/h5-8,13-15,19,21H,2-4,9-12,16-17H2,1H3. The van der Waals surface area contributed by atoms with E-state index in [2.05, 4.69) is 22.0 Å². The zero-order valence-electron chi connectivity index (χ0n) is 17.7. The number of likely N-dealkylation sites (tertiary alicyclic amines) is 2. The smallest absolute Gasteiger partial charge is 0.270 e. The van der Waals surface area contributed by atoms with Crippen LogP contribution in [0, 0.1) is 5.41 Å². The number of nitrogens with zero attached hydrogens (tertiary/aromatic N) is 4. The second kappa shape index (κ2) is 7.56. The first-order chi connectivity index (χ1) is 14.6. The average molecular weight is 407 g/mol. The summed E-state index contributed by atoms with van der Waals surface area (Å²) >= 11 is 0. The summed E-state index contributed by atoms with van der Waals surface area (Å²) < 4.78 is 1.87. The van der Waals surface area contributed by atoms with E-state index in [0.717, 1.165) is 44.2 Å². The summed E-state index contributed by atoms with van der Waals surface area (Å²) in [5.74, 6) is 0.432. The van der Waals surface area contributed by atoms with Crippen molar-refractivity contribution in [3.05, 3.63) is 54.1 Å². The van der Waals surface area contributed by atoms with Crippen molar-refractivity contribution in [2.75, 3.05) is 13.1 Å². The second-order valence-electron chi connectivity index (χ2n) is 9.14. The minimum Gasteiger partial charge on any atom is -0.347 e. The maximum Gasteiger partial charge on any atom is 0.270 e. The van der Waals surface area contributed by atoms with Crippen LogP contribution in [0.4, 0.5) is 0 Å². The maximum atomic E-state index is 13.5. The van der Waals surface area contributed by atoms with Crippen molar-refractivity contribution in [3.8, 4) is 0 Å². The van der Waals surface area contributed by atoms with E-state index in [1.807, 2.05) is 47.2 Å². The Morgan fingerprint density at radius 2 is 1.77 bits per heavy atom. The Kier molecular flexibility index (Phi) is 4.88. The van der Waals surface area contributed by atoms with Gasteiger partial charge in [0.1, 0.15) is 5.69 Å². The van der Waals surface area contributed by atoms with Gasteiger partial charge in [-0.3, -0.25) is 14.6 Å². The maximum absolute atomic E-state index is 13.5. The Morgan fingerprint density at radius 3 is 2.40 bits per heavy atom. The predicted molar refractivity (Wildman–Crippen MR) is 114 cm³/mol. The molecule has 0 bridgehead atoms. The van der Waals surface area contributed by atoms with Gasteiger partial charge in [-0.15, -0.1) is 0 Å². The van der Waals surface area contributed by atoms with Gasteiger partial charge in [-0.2, -0.15) is 0 Å². The van der Waals surface area contributed by atoms with E-state index in [1.54, 1.807) is 0 Å². The molecule has 2 amide bonds. The molecule has 3 fully saturated rings. The third kappa shape index (κ3) is 2.96. The molecule has 5 rings (SSSR count). The molecule has 0 N–H and O–H groups in total. The summed E-state index contributed by atoms with van der Waals surface area (Å²) in [7, 11) is 1.90. The van der Waals surface area contributed by atoms with Crippen LogP contribution in [0.25, 0.3) is 0 Å². The Morgan fingerprint density at radius 1 is 1.07 bits per heavy atom. The largest absolute Gasteiger partial charge is 0.347 e. The van der Waals surface area contributed by atoms with Gasteiger partial charge in [-0.1, -0.05) is 19.3 Å². The predicted octanol–water partition coefficient (Wildman–Crippen LogP) is 3.56. The number of aryl methyl sites for hydroxylation is 1. The summed E-state index contributed by atoms with van der Waals surface area (Å²) in [6.45, 7) is 1.41. The SMILES string of the molecule is Cn1cccc1C(=O)N1CCC(N2C(=O)C3(CCCCC3)C2c2ccncc2)CC1. The minimum atomic E-state index is -0.213. The molecule has 1 saturated carbocycles. The first-order valence-electron chi connectivity index (χ1n) is 11.3. The fourth-order valence-corrected chi connectivity index (χ4v) is 5.96. The Balaban J connectivity index is 1.33. The van der Waals surface area contributed by atoms with Crippen molar-refractivity contribution in [2.24, 2.45) is 12.5 Å². The van der Waals surface area contributed by atoms with Gasteiger partial charge >= 0.3 is 0 Å². The lowest BCUT2D eigenvalue weighted by atomic mass is 9.59. The molecular weight excluding hydrogens is 376 g/mol. The quantitative estimate of drug-likeness (QED) is 0.733. The molecule has 0 radical (unpaired) electrons. The Labute approximate surface area is 177 Å². The number of β-lactam (4-membered cyclic amide) rings is 1. The van der Waals surface area contributed by atoms with E-state index in [4.69, 9.17) is 0 Å². The molecule has 158 valence electrons. The summed E-state index contributed by atoms with van der Waals surface area (Å²) in [6, 6.07) is 8.30. The van der Waals surface area contributed by atoms with Gasteiger partial charge in [0.05, 0.1) is 11.5 Å². The van der Waals surface area contributed by atoms with Crippen molar-refractivity contribution >= 4 is 11.8 Å². The number of pyridine rings is 1. The van der Waals surface area contributed by atoms with E-state index in [-0.39, 0.29) is 23.4 Å². The zero-order chi connectivity index (χ0) is 20.7. The molecule has 6 heteroatoms. The monoisotopic (exact) mass is 406 g/mol. The highest BCUT2D eigenvalue weighted by Crippen LogP contribution is 2.59. The van der Waals surface area contributed by atoms with Crippen LogP contribution in [0.15, 0.2) is 42.9 Å². The first-order valence-corrected chi connectivity index (χ1v) is 11.3. The number of piperidine rings is 1. The molecule has 2 aliphatic heterocycles. The summed E-state index contributed by atoms with van der Waals surface area (Å²) in [5.41, 5.74) is 1.73. The van der Waals surface area contributed by atoms with Gasteiger partial charge in [0, 0.05) is 44.8 Å². The lowest BCUT2D eigenvalue weighted by Crippen LogP contribution is -2.67. The van der Waals surface area contributed by atoms with Crippen LogP contribution < -0.4 is 0 Å². The van der Waals surface area contributed by atoms with E-state index in [1.165, 1.54) is 12.0 Å². The number of carbonyl (C=O) groups is 2. The summed E-state index contributed by atoms with van der Waals surface area (Å²) in [5, 5.41) is 0. The van der Waals surface area contributed by atoms with Crippen LogP contribution in [-0.4, -0.2) is 50.3 Å². The molecule has 4 heterocycles. The molecule has 1 aliphatic carbocycles. The van der Waals surface area contributed by atoms with E-state index in [9.17, 15) is 9.59 Å². The van der Waals surface area contributed by atoms with Crippen LogP contribution in [0.2, 0.25) is 0 Å². The number of carbonyl (C=O) groups excluding carboxylic acids is 2. The fraction of sp³-hybridized carbons (Fsp3) is 0.542. The number of hydrogen-bond acceptors (Lipinski definition) is 3. The van der Waals surface area contributed by atoms with Crippen LogP contribution in [0.5, 0.6) is 0 Å². The number of aromatic nitrogens is 2. The summed E-state index contributed by atoms with van der Waals surface area (Å²) in [6.07, 6.45) is 12.8. The minimum absolute atomic E-state index is 0.0883. The molecule has 2 aromatic heterocycles. The topological polar surface area (TPSA) is 58.4 Å². The van der Waals surface area contributed by atoms with Crippen molar-refractivity contribution in [1.29, 1.82) is 0 Å². The molecule has 30 heavy (non-hydrogen) atoms. The van der Waals surface area contributed by atoms with Crippen molar-refractivity contribution in [2.45, 2.75) is 57.0 Å². The van der Waals surface area contributed by atoms with Crippen molar-refractivity contribution in [1.82, 2.24) is 19.4 Å². The third-order valence-corrected chi connectivity index (χ3v) is 7.54. The van der Waals surface area contributed by atoms with Crippen LogP contribution >= 0.6 is 0 Å². The second-order valence-corrected chi connectivity index (χ2v) is 9.14. The number of amides is 2. The summed E-state index contributed by atoms with van der Waals surface area (Å²) in [4.78, 5) is 34.6. The van der Waals surface area contributed by atoms with Gasteiger partial charge in [-0.25, -0.2) is 0 Å². The van der Waals surface area contributed by atoms with Crippen molar-refractivity contribution in [3.63, 3.8) is 0 Å². The fourth-order valence-electron chi connectivity index (χ4n) is 5.96. The highest BCUT2D eigenvalue weighted by molar-refractivity contribution is 5.93. The molecular formula is C24H30N4O2. The molecule has 1 spiro atoms. The van der Waals surface area contributed by atoms with Crippen LogP contribution in [0.3, 0.4) is 0 Å². The lowest BCUT2D eigenvalue weighted by molar-refractivity contribution is -0.186. The molecule has 2 aromatic rings. The highest BCUT2D eigenvalue weighted by atomic mass is 16.2. The van der Waals surface area contributed by atoms with Crippen LogP contribution in [-0.2, 0) is 11.8 Å². The van der Waals surface area contributed by atoms with Crippen LogP contribution in [0.1, 0.15) is 67.0 Å². The number of rotatable bonds is 3. The van der Waals surface area contributed by atoms with E-state index in [0.29, 0.717) is 19.0 Å². The van der Waals surface area contributed by atoms with Crippen molar-refractivity contribution < 1.29 is 9.59 Å². The molecule has 3 aliphatic rings. The normalized spacial score (nSPS) is 24.2. The highest BCUT2D eigenvalue weighted by Gasteiger charge is 2.62.